The third-order valence-electron chi connectivity index (χ3n) is 2.55. The maximum atomic E-state index is 10.8. The highest BCUT2D eigenvalue weighted by molar-refractivity contribution is 5.42. The molecule has 1 rings (SSSR count). The molecule has 1 aromatic carbocycles. The Labute approximate surface area is 106 Å². The number of nitriles is 1. The van der Waals surface area contributed by atoms with Crippen LogP contribution in [-0.2, 0) is 6.54 Å². The van der Waals surface area contributed by atoms with Gasteiger partial charge in [-0.15, -0.1) is 0 Å². The van der Waals surface area contributed by atoms with E-state index in [1.54, 1.807) is 6.07 Å². The summed E-state index contributed by atoms with van der Waals surface area (Å²) in [7, 11) is 1.47. The van der Waals surface area contributed by atoms with Gasteiger partial charge in [0.1, 0.15) is 5.75 Å². The number of nitro groups is 1. The molecular weight excluding hydrogens is 234 g/mol. The molecule has 0 spiro atoms. The maximum absolute atomic E-state index is 10.8. The van der Waals surface area contributed by atoms with Crippen LogP contribution in [0.5, 0.6) is 5.75 Å². The molecule has 0 heterocycles. The third kappa shape index (κ3) is 3.71. The number of ether oxygens (including phenoxy) is 1. The van der Waals surface area contributed by atoms with E-state index in [-0.39, 0.29) is 5.69 Å². The quantitative estimate of drug-likeness (QED) is 0.437. The van der Waals surface area contributed by atoms with Gasteiger partial charge in [0.15, 0.2) is 0 Å². The second-order valence-electron chi connectivity index (χ2n) is 3.76. The fraction of sp³-hybridized carbons (Fsp3) is 0.417. The smallest absolute Gasteiger partial charge is 0.273 e. The summed E-state index contributed by atoms with van der Waals surface area (Å²) < 4.78 is 5.03. The van der Waals surface area contributed by atoms with Gasteiger partial charge in [-0.2, -0.15) is 5.26 Å². The largest absolute Gasteiger partial charge is 0.496 e. The minimum atomic E-state index is -0.452. The molecule has 0 radical (unpaired) electrons. The van der Waals surface area contributed by atoms with E-state index < -0.39 is 4.92 Å². The predicted molar refractivity (Wildman–Crippen MR) is 66.2 cm³/mol. The molecule has 0 saturated carbocycles. The summed E-state index contributed by atoms with van der Waals surface area (Å²) in [5, 5.41) is 19.5. The molecule has 0 saturated heterocycles. The third-order valence-corrected chi connectivity index (χ3v) is 2.55. The first-order valence-corrected chi connectivity index (χ1v) is 5.52. The lowest BCUT2D eigenvalue weighted by molar-refractivity contribution is -0.385. The highest BCUT2D eigenvalue weighted by atomic mass is 16.6. The predicted octanol–water partition coefficient (Wildman–Crippen LogP) is 1.95. The second kappa shape index (κ2) is 6.57. The number of non-ortho nitro benzene ring substituents is 1. The van der Waals surface area contributed by atoms with Gasteiger partial charge in [0.2, 0.25) is 0 Å². The van der Waals surface area contributed by atoms with Crippen LogP contribution in [0.3, 0.4) is 0 Å². The highest BCUT2D eigenvalue weighted by Gasteiger charge is 2.12. The van der Waals surface area contributed by atoms with Crippen LogP contribution in [0.1, 0.15) is 12.5 Å². The molecule has 0 bridgehead atoms. The summed E-state index contributed by atoms with van der Waals surface area (Å²) >= 11 is 0. The minimum absolute atomic E-state index is 0.00244. The van der Waals surface area contributed by atoms with Crippen LogP contribution in [0.2, 0.25) is 0 Å². The molecule has 0 N–H and O–H groups in total. The number of nitro benzene ring substituents is 1. The van der Waals surface area contributed by atoms with E-state index in [0.717, 1.165) is 5.56 Å². The van der Waals surface area contributed by atoms with Gasteiger partial charge in [-0.3, -0.25) is 15.0 Å². The summed E-state index contributed by atoms with van der Waals surface area (Å²) in [6.07, 6.45) is 0. The molecule has 96 valence electrons. The van der Waals surface area contributed by atoms with Crippen LogP contribution in [-0.4, -0.2) is 30.0 Å². The van der Waals surface area contributed by atoms with Crippen molar-refractivity contribution in [3.8, 4) is 11.8 Å². The van der Waals surface area contributed by atoms with Crippen molar-refractivity contribution in [1.29, 1.82) is 5.26 Å². The van der Waals surface area contributed by atoms with E-state index in [1.807, 2.05) is 11.8 Å². The number of rotatable bonds is 6. The van der Waals surface area contributed by atoms with Crippen LogP contribution in [0.25, 0.3) is 0 Å². The Kier molecular flexibility index (Phi) is 5.08. The Morgan fingerprint density at radius 3 is 2.72 bits per heavy atom. The molecule has 18 heavy (non-hydrogen) atoms. The molecular formula is C12H15N3O3. The summed E-state index contributed by atoms with van der Waals surface area (Å²) in [4.78, 5) is 12.2. The van der Waals surface area contributed by atoms with E-state index in [9.17, 15) is 10.1 Å². The van der Waals surface area contributed by atoms with Gasteiger partial charge in [-0.25, -0.2) is 0 Å². The van der Waals surface area contributed by atoms with Gasteiger partial charge in [-0.1, -0.05) is 6.92 Å². The fourth-order valence-electron chi connectivity index (χ4n) is 1.60. The number of benzene rings is 1. The molecule has 0 aromatic heterocycles. The molecule has 6 heteroatoms. The van der Waals surface area contributed by atoms with E-state index >= 15 is 0 Å². The molecule has 0 fully saturated rings. The molecule has 0 aliphatic heterocycles. The zero-order valence-electron chi connectivity index (χ0n) is 10.4. The van der Waals surface area contributed by atoms with Gasteiger partial charge < -0.3 is 4.74 Å². The number of nitrogens with zero attached hydrogens (tertiary/aromatic N) is 3. The standard InChI is InChI=1S/C12H15N3O3/c1-3-14(5-4-13)9-10-6-11(15(16)17)8-12(7-10)18-2/h6-8H,3,5,9H2,1-2H3. The van der Waals surface area contributed by atoms with Gasteiger partial charge in [0, 0.05) is 12.6 Å². The Balaban J connectivity index is 2.97. The van der Waals surface area contributed by atoms with Crippen molar-refractivity contribution in [3.63, 3.8) is 0 Å². The van der Waals surface area contributed by atoms with Gasteiger partial charge in [0.05, 0.1) is 30.7 Å². The van der Waals surface area contributed by atoms with Crippen molar-refractivity contribution in [2.75, 3.05) is 20.2 Å². The zero-order valence-corrected chi connectivity index (χ0v) is 10.4. The fourth-order valence-corrected chi connectivity index (χ4v) is 1.60. The molecule has 0 atom stereocenters. The first-order valence-electron chi connectivity index (χ1n) is 5.52. The van der Waals surface area contributed by atoms with Crippen LogP contribution in [0.15, 0.2) is 18.2 Å². The van der Waals surface area contributed by atoms with Gasteiger partial charge in [-0.05, 0) is 18.2 Å². The molecule has 6 nitrogen and oxygen atoms in total. The van der Waals surface area contributed by atoms with E-state index in [4.69, 9.17) is 10.00 Å². The van der Waals surface area contributed by atoms with E-state index in [1.165, 1.54) is 19.2 Å². The summed E-state index contributed by atoms with van der Waals surface area (Å²) in [6.45, 7) is 3.42. The van der Waals surface area contributed by atoms with E-state index in [0.29, 0.717) is 25.4 Å². The van der Waals surface area contributed by atoms with Crippen molar-refractivity contribution in [2.24, 2.45) is 0 Å². The Bertz CT molecular complexity index is 468. The number of methoxy groups -OCH3 is 1. The highest BCUT2D eigenvalue weighted by Crippen LogP contribution is 2.23. The summed E-state index contributed by atoms with van der Waals surface area (Å²) in [6, 6.07) is 6.69. The van der Waals surface area contributed by atoms with Gasteiger partial charge >= 0.3 is 0 Å². The molecule has 1 aromatic rings. The number of hydrogen-bond acceptors (Lipinski definition) is 5. The average molecular weight is 249 g/mol. The van der Waals surface area contributed by atoms with Crippen LogP contribution in [0, 0.1) is 21.4 Å². The Hall–Kier alpha value is -2.13. The molecule has 0 amide bonds. The zero-order chi connectivity index (χ0) is 13.5. The van der Waals surface area contributed by atoms with Crippen LogP contribution >= 0.6 is 0 Å². The van der Waals surface area contributed by atoms with Crippen molar-refractivity contribution in [1.82, 2.24) is 4.90 Å². The Morgan fingerprint density at radius 2 is 2.22 bits per heavy atom. The van der Waals surface area contributed by atoms with Crippen molar-refractivity contribution in [2.45, 2.75) is 13.5 Å². The van der Waals surface area contributed by atoms with E-state index in [2.05, 4.69) is 6.07 Å². The second-order valence-corrected chi connectivity index (χ2v) is 3.76. The van der Waals surface area contributed by atoms with Crippen LogP contribution in [0.4, 0.5) is 5.69 Å². The Morgan fingerprint density at radius 1 is 1.50 bits per heavy atom. The van der Waals surface area contributed by atoms with Crippen molar-refractivity contribution >= 4 is 5.69 Å². The maximum Gasteiger partial charge on any atom is 0.273 e. The lowest BCUT2D eigenvalue weighted by atomic mass is 10.1. The molecule has 0 aliphatic carbocycles. The van der Waals surface area contributed by atoms with Crippen molar-refractivity contribution < 1.29 is 9.66 Å². The SMILES string of the molecule is CCN(CC#N)Cc1cc(OC)cc([N+](=O)[O-])c1. The van der Waals surface area contributed by atoms with Crippen molar-refractivity contribution in [3.05, 3.63) is 33.9 Å². The average Bonchev–Trinajstić information content (AvgIpc) is 2.37. The first-order chi connectivity index (χ1) is 8.60. The summed E-state index contributed by atoms with van der Waals surface area (Å²) in [5.41, 5.74) is 0.760. The van der Waals surface area contributed by atoms with Crippen LogP contribution < -0.4 is 4.74 Å². The topological polar surface area (TPSA) is 79.4 Å². The lowest BCUT2D eigenvalue weighted by Gasteiger charge is -2.16. The monoisotopic (exact) mass is 249 g/mol. The minimum Gasteiger partial charge on any atom is -0.496 e. The molecule has 0 unspecified atom stereocenters. The molecule has 0 aliphatic rings. The van der Waals surface area contributed by atoms with Gasteiger partial charge in [0.25, 0.3) is 5.69 Å². The lowest BCUT2D eigenvalue weighted by Crippen LogP contribution is -2.23. The first kappa shape index (κ1) is 13.9. The summed E-state index contributed by atoms with van der Waals surface area (Å²) in [5.74, 6) is 0.451. The normalized spacial score (nSPS) is 10.1. The number of hydrogen-bond donors (Lipinski definition) is 0.